The van der Waals surface area contributed by atoms with Crippen LogP contribution in [0.15, 0.2) is 42.5 Å². The Labute approximate surface area is 104 Å². The first kappa shape index (κ1) is 12.0. The molecule has 1 atom stereocenters. The van der Waals surface area contributed by atoms with E-state index >= 15 is 0 Å². The number of carbonyl (C=O) groups excluding carboxylic acids is 1. The Morgan fingerprint density at radius 2 is 1.53 bits per heavy atom. The van der Waals surface area contributed by atoms with Gasteiger partial charge in [-0.3, -0.25) is 4.79 Å². The summed E-state index contributed by atoms with van der Waals surface area (Å²) in [4.78, 5) is 12.5. The summed E-state index contributed by atoms with van der Waals surface area (Å²) in [5.41, 5.74) is 3.64. The van der Waals surface area contributed by atoms with Gasteiger partial charge in [0, 0.05) is 11.1 Å². The highest BCUT2D eigenvalue weighted by Gasteiger charge is 2.15. The second-order valence-corrected chi connectivity index (χ2v) is 4.81. The average Bonchev–Trinajstić information content (AvgIpc) is 2.29. The monoisotopic (exact) mass is 242 g/mol. The molecule has 0 fully saturated rings. The summed E-state index contributed by atoms with van der Waals surface area (Å²) in [6.07, 6.45) is 0. The van der Waals surface area contributed by atoms with Gasteiger partial charge in [-0.05, 0) is 30.3 Å². The van der Waals surface area contributed by atoms with Crippen molar-refractivity contribution in [1.29, 1.82) is 0 Å². The molecular weight excluding hydrogens is 227 g/mol. The van der Waals surface area contributed by atoms with Gasteiger partial charge in [0.15, 0.2) is 5.78 Å². The van der Waals surface area contributed by atoms with E-state index in [2.05, 4.69) is 9.24 Å². The molecule has 0 bridgehead atoms. The molecule has 86 valence electrons. The quantitative estimate of drug-likeness (QED) is 0.584. The van der Waals surface area contributed by atoms with E-state index < -0.39 is 0 Å². The zero-order valence-corrected chi connectivity index (χ0v) is 11.2. The fraction of sp³-hybridized carbons (Fsp3) is 0.133. The third kappa shape index (κ3) is 2.30. The lowest BCUT2D eigenvalue weighted by atomic mass is 9.95. The molecule has 0 saturated heterocycles. The van der Waals surface area contributed by atoms with E-state index in [4.69, 9.17) is 0 Å². The first-order valence-electron chi connectivity index (χ1n) is 5.56. The lowest BCUT2D eigenvalue weighted by Crippen LogP contribution is -2.13. The molecule has 0 heterocycles. The molecule has 0 radical (unpaired) electrons. The summed E-state index contributed by atoms with van der Waals surface area (Å²) in [5.74, 6) is 0.103. The van der Waals surface area contributed by atoms with Gasteiger partial charge >= 0.3 is 0 Å². The Morgan fingerprint density at radius 3 is 2.12 bits per heavy atom. The molecule has 1 nitrogen and oxygen atoms in total. The zero-order valence-electron chi connectivity index (χ0n) is 10.0. The van der Waals surface area contributed by atoms with Crippen molar-refractivity contribution in [2.45, 2.75) is 13.8 Å². The van der Waals surface area contributed by atoms with Gasteiger partial charge in [-0.15, -0.1) is 9.24 Å². The molecule has 0 aliphatic carbocycles. The van der Waals surface area contributed by atoms with Crippen molar-refractivity contribution in [3.05, 3.63) is 64.7 Å². The lowest BCUT2D eigenvalue weighted by molar-refractivity contribution is 0.103. The molecule has 0 spiro atoms. The van der Waals surface area contributed by atoms with Crippen molar-refractivity contribution < 1.29 is 4.79 Å². The normalized spacial score (nSPS) is 10.3. The highest BCUT2D eigenvalue weighted by molar-refractivity contribution is 7.27. The summed E-state index contributed by atoms with van der Waals surface area (Å²) in [7, 11) is 2.62. The summed E-state index contributed by atoms with van der Waals surface area (Å²) in [5, 5.41) is 0.945. The number of rotatable bonds is 2. The van der Waals surface area contributed by atoms with Gasteiger partial charge in [0.25, 0.3) is 0 Å². The number of aryl methyl sites for hydroxylation is 2. The second kappa shape index (κ2) is 4.81. The van der Waals surface area contributed by atoms with Crippen LogP contribution in [0.4, 0.5) is 0 Å². The predicted molar refractivity (Wildman–Crippen MR) is 75.1 cm³/mol. The highest BCUT2D eigenvalue weighted by Crippen LogP contribution is 2.18. The van der Waals surface area contributed by atoms with Gasteiger partial charge in [0.1, 0.15) is 0 Å². The molecule has 2 heteroatoms. The summed E-state index contributed by atoms with van der Waals surface area (Å²) in [6, 6.07) is 13.6. The average molecular weight is 242 g/mol. The molecule has 17 heavy (non-hydrogen) atoms. The second-order valence-electron chi connectivity index (χ2n) is 4.18. The standard InChI is InChI=1S/C15H15OP/c1-10-6-5-7-11(2)14(10)15(16)12-8-3-4-9-13(12)17/h3-9H,17H2,1-2H3. The molecule has 0 aliphatic rings. The number of ketones is 1. The van der Waals surface area contributed by atoms with E-state index in [-0.39, 0.29) is 5.78 Å². The first-order chi connectivity index (χ1) is 8.11. The SMILES string of the molecule is Cc1cccc(C)c1C(=O)c1ccccc1P. The van der Waals surface area contributed by atoms with Crippen molar-refractivity contribution in [3.63, 3.8) is 0 Å². The van der Waals surface area contributed by atoms with Crippen molar-refractivity contribution in [2.24, 2.45) is 0 Å². The number of benzene rings is 2. The lowest BCUT2D eigenvalue weighted by Gasteiger charge is -2.10. The van der Waals surface area contributed by atoms with Crippen molar-refractivity contribution in [2.75, 3.05) is 0 Å². The van der Waals surface area contributed by atoms with E-state index in [1.54, 1.807) is 0 Å². The van der Waals surface area contributed by atoms with Gasteiger partial charge in [0.2, 0.25) is 0 Å². The minimum Gasteiger partial charge on any atom is -0.289 e. The molecule has 2 aromatic carbocycles. The van der Waals surface area contributed by atoms with Gasteiger partial charge < -0.3 is 0 Å². The minimum atomic E-state index is 0.103. The maximum absolute atomic E-state index is 12.5. The van der Waals surface area contributed by atoms with E-state index in [1.165, 1.54) is 0 Å². The van der Waals surface area contributed by atoms with E-state index in [9.17, 15) is 4.79 Å². The van der Waals surface area contributed by atoms with Gasteiger partial charge in [-0.1, -0.05) is 42.5 Å². The molecule has 0 aliphatic heterocycles. The van der Waals surface area contributed by atoms with E-state index in [0.717, 1.165) is 27.6 Å². The number of hydrogen-bond donors (Lipinski definition) is 0. The van der Waals surface area contributed by atoms with Crippen LogP contribution in [-0.4, -0.2) is 5.78 Å². The van der Waals surface area contributed by atoms with Crippen LogP contribution in [0.1, 0.15) is 27.0 Å². The van der Waals surface area contributed by atoms with Crippen LogP contribution in [0.3, 0.4) is 0 Å². The van der Waals surface area contributed by atoms with E-state index in [0.29, 0.717) is 0 Å². The molecule has 1 unspecified atom stereocenters. The van der Waals surface area contributed by atoms with Crippen LogP contribution in [0.5, 0.6) is 0 Å². The molecule has 2 rings (SSSR count). The highest BCUT2D eigenvalue weighted by atomic mass is 31.0. The Kier molecular flexibility index (Phi) is 3.40. The van der Waals surface area contributed by atoms with Crippen LogP contribution in [0, 0.1) is 13.8 Å². The topological polar surface area (TPSA) is 17.1 Å². The van der Waals surface area contributed by atoms with Gasteiger partial charge in [0.05, 0.1) is 0 Å². The third-order valence-corrected chi connectivity index (χ3v) is 3.42. The molecule has 0 amide bonds. The number of carbonyl (C=O) groups is 1. The van der Waals surface area contributed by atoms with Crippen LogP contribution in [0.2, 0.25) is 0 Å². The minimum absolute atomic E-state index is 0.103. The third-order valence-electron chi connectivity index (χ3n) is 2.91. The molecule has 2 aromatic rings. The summed E-state index contributed by atoms with van der Waals surface area (Å²) >= 11 is 0. The fourth-order valence-electron chi connectivity index (χ4n) is 2.01. The van der Waals surface area contributed by atoms with Crippen molar-refractivity contribution in [1.82, 2.24) is 0 Å². The molecular formula is C15H15OP. The van der Waals surface area contributed by atoms with Crippen molar-refractivity contribution in [3.8, 4) is 0 Å². The Balaban J connectivity index is 2.56. The largest absolute Gasteiger partial charge is 0.289 e. The summed E-state index contributed by atoms with van der Waals surface area (Å²) in [6.45, 7) is 3.96. The summed E-state index contributed by atoms with van der Waals surface area (Å²) < 4.78 is 0. The maximum Gasteiger partial charge on any atom is 0.194 e. The van der Waals surface area contributed by atoms with E-state index in [1.807, 2.05) is 56.3 Å². The Morgan fingerprint density at radius 1 is 0.941 bits per heavy atom. The van der Waals surface area contributed by atoms with Gasteiger partial charge in [-0.25, -0.2) is 0 Å². The van der Waals surface area contributed by atoms with Crippen LogP contribution < -0.4 is 5.30 Å². The van der Waals surface area contributed by atoms with Crippen LogP contribution in [0.25, 0.3) is 0 Å². The van der Waals surface area contributed by atoms with Crippen LogP contribution >= 0.6 is 9.24 Å². The van der Waals surface area contributed by atoms with Gasteiger partial charge in [-0.2, -0.15) is 0 Å². The molecule has 0 saturated carbocycles. The molecule has 0 aromatic heterocycles. The number of hydrogen-bond acceptors (Lipinski definition) is 1. The van der Waals surface area contributed by atoms with Crippen molar-refractivity contribution >= 4 is 20.3 Å². The fourth-order valence-corrected chi connectivity index (χ4v) is 2.35. The van der Waals surface area contributed by atoms with Crippen LogP contribution in [-0.2, 0) is 0 Å². The Hall–Kier alpha value is -1.46. The Bertz CT molecular complexity index is 553. The first-order valence-corrected chi connectivity index (χ1v) is 6.14. The zero-order chi connectivity index (χ0) is 12.4. The smallest absolute Gasteiger partial charge is 0.194 e. The maximum atomic E-state index is 12.5. The molecule has 0 N–H and O–H groups in total. The predicted octanol–water partition coefficient (Wildman–Crippen LogP) is 3.03.